The SMILES string of the molecule is C=CCn1c(Cc2ccc(Cl)cc2)nnc1SCC(=O)Nc1sc2c(c1C(=O)OCC)CCC2. The maximum absolute atomic E-state index is 12.8. The number of carbonyl (C=O) groups is 2. The number of ether oxygens (including phenoxy) is 1. The lowest BCUT2D eigenvalue weighted by atomic mass is 10.1. The Morgan fingerprint density at radius 1 is 1.29 bits per heavy atom. The zero-order valence-electron chi connectivity index (χ0n) is 18.8. The van der Waals surface area contributed by atoms with Gasteiger partial charge in [-0.1, -0.05) is 41.6 Å². The molecule has 0 aliphatic heterocycles. The molecule has 7 nitrogen and oxygen atoms in total. The van der Waals surface area contributed by atoms with E-state index in [1.165, 1.54) is 23.1 Å². The van der Waals surface area contributed by atoms with Crippen LogP contribution in [0.3, 0.4) is 0 Å². The molecule has 0 bridgehead atoms. The number of nitrogens with one attached hydrogen (secondary N) is 1. The van der Waals surface area contributed by atoms with Gasteiger partial charge in [-0.2, -0.15) is 0 Å². The fourth-order valence-electron chi connectivity index (χ4n) is 3.86. The van der Waals surface area contributed by atoms with Crippen LogP contribution in [0.25, 0.3) is 0 Å². The fourth-order valence-corrected chi connectivity index (χ4v) is 6.04. The number of hydrogen-bond donors (Lipinski definition) is 1. The first-order valence-electron chi connectivity index (χ1n) is 11.0. The Kier molecular flexibility index (Phi) is 8.07. The molecule has 0 fully saturated rings. The van der Waals surface area contributed by atoms with Crippen LogP contribution >= 0.6 is 34.7 Å². The molecule has 34 heavy (non-hydrogen) atoms. The van der Waals surface area contributed by atoms with E-state index in [0.717, 1.165) is 41.1 Å². The van der Waals surface area contributed by atoms with Gasteiger partial charge in [-0.05, 0) is 49.4 Å². The van der Waals surface area contributed by atoms with Crippen molar-refractivity contribution in [2.45, 2.75) is 44.3 Å². The Bertz CT molecular complexity index is 1200. The zero-order valence-corrected chi connectivity index (χ0v) is 21.2. The normalized spacial score (nSPS) is 12.4. The minimum atomic E-state index is -0.373. The third-order valence-corrected chi connectivity index (χ3v) is 7.79. The zero-order chi connectivity index (χ0) is 24.1. The number of aromatic nitrogens is 3. The van der Waals surface area contributed by atoms with Gasteiger partial charge in [-0.3, -0.25) is 4.79 Å². The third-order valence-electron chi connectivity index (χ3n) is 5.37. The highest BCUT2D eigenvalue weighted by Crippen LogP contribution is 2.39. The summed E-state index contributed by atoms with van der Waals surface area (Å²) in [6.45, 7) is 6.43. The smallest absolute Gasteiger partial charge is 0.341 e. The summed E-state index contributed by atoms with van der Waals surface area (Å²) in [6, 6.07) is 7.59. The van der Waals surface area contributed by atoms with Crippen LogP contribution in [-0.2, 0) is 35.3 Å². The number of anilines is 1. The molecule has 1 aliphatic rings. The predicted octanol–water partition coefficient (Wildman–Crippen LogP) is 5.17. The molecule has 178 valence electrons. The van der Waals surface area contributed by atoms with Gasteiger partial charge in [0.25, 0.3) is 0 Å². The number of carbonyl (C=O) groups excluding carboxylic acids is 2. The van der Waals surface area contributed by atoms with E-state index < -0.39 is 0 Å². The lowest BCUT2D eigenvalue weighted by Crippen LogP contribution is -2.17. The number of esters is 1. The quantitative estimate of drug-likeness (QED) is 0.227. The van der Waals surface area contributed by atoms with Gasteiger partial charge in [0.1, 0.15) is 10.8 Å². The van der Waals surface area contributed by atoms with Crippen molar-refractivity contribution in [3.8, 4) is 0 Å². The third kappa shape index (κ3) is 5.54. The average Bonchev–Trinajstić information content (AvgIpc) is 3.50. The predicted molar refractivity (Wildman–Crippen MR) is 136 cm³/mol. The number of fused-ring (bicyclic) bond motifs is 1. The van der Waals surface area contributed by atoms with Gasteiger partial charge in [0.05, 0.1) is 17.9 Å². The number of rotatable bonds is 10. The largest absolute Gasteiger partial charge is 0.462 e. The van der Waals surface area contributed by atoms with Crippen LogP contribution in [-0.4, -0.2) is 39.0 Å². The number of nitrogens with zero attached hydrogens (tertiary/aromatic N) is 3. The highest BCUT2D eigenvalue weighted by molar-refractivity contribution is 7.99. The topological polar surface area (TPSA) is 86.1 Å². The minimum absolute atomic E-state index is 0.140. The Morgan fingerprint density at radius 2 is 2.09 bits per heavy atom. The molecule has 2 heterocycles. The summed E-state index contributed by atoms with van der Waals surface area (Å²) in [7, 11) is 0. The summed E-state index contributed by atoms with van der Waals surface area (Å²) >= 11 is 8.75. The van der Waals surface area contributed by atoms with Crippen LogP contribution in [0.4, 0.5) is 5.00 Å². The van der Waals surface area contributed by atoms with Crippen molar-refractivity contribution in [2.24, 2.45) is 0 Å². The Morgan fingerprint density at radius 3 is 2.82 bits per heavy atom. The Balaban J connectivity index is 1.44. The highest BCUT2D eigenvalue weighted by atomic mass is 35.5. The molecule has 0 saturated heterocycles. The molecule has 3 aromatic rings. The molecule has 0 radical (unpaired) electrons. The Hall–Kier alpha value is -2.62. The second-order valence-electron chi connectivity index (χ2n) is 7.72. The van der Waals surface area contributed by atoms with E-state index in [9.17, 15) is 9.59 Å². The average molecular weight is 517 g/mol. The van der Waals surface area contributed by atoms with E-state index in [1.807, 2.05) is 28.8 Å². The van der Waals surface area contributed by atoms with Crippen molar-refractivity contribution < 1.29 is 14.3 Å². The van der Waals surface area contributed by atoms with Gasteiger partial charge in [0.2, 0.25) is 5.91 Å². The van der Waals surface area contributed by atoms with Crippen molar-refractivity contribution in [1.82, 2.24) is 14.8 Å². The van der Waals surface area contributed by atoms with E-state index in [4.69, 9.17) is 16.3 Å². The number of amides is 1. The molecule has 0 saturated carbocycles. The molecule has 1 aromatic carbocycles. The standard InChI is InChI=1S/C24H25ClN4O3S2/c1-3-12-29-19(13-15-8-10-16(25)11-9-15)27-28-24(29)33-14-20(30)26-22-21(23(31)32-4-2)17-6-5-7-18(17)34-22/h3,8-11H,1,4-7,12-14H2,2H3,(H,26,30). The molecule has 1 N–H and O–H groups in total. The van der Waals surface area contributed by atoms with Crippen molar-refractivity contribution in [3.05, 3.63) is 69.3 Å². The number of thiophene rings is 1. The van der Waals surface area contributed by atoms with Gasteiger partial charge in [0.15, 0.2) is 5.16 Å². The number of aryl methyl sites for hydroxylation is 1. The second kappa shape index (κ2) is 11.2. The van der Waals surface area contributed by atoms with Crippen molar-refractivity contribution in [2.75, 3.05) is 17.7 Å². The molecule has 10 heteroatoms. The number of benzene rings is 1. The van der Waals surface area contributed by atoms with Gasteiger partial charge >= 0.3 is 5.97 Å². The molecule has 0 atom stereocenters. The maximum atomic E-state index is 12.8. The summed E-state index contributed by atoms with van der Waals surface area (Å²) in [6.07, 6.45) is 5.16. The Labute approximate surface area is 211 Å². The lowest BCUT2D eigenvalue weighted by Gasteiger charge is -2.09. The number of thioether (sulfide) groups is 1. The molecular formula is C24H25ClN4O3S2. The molecule has 1 aliphatic carbocycles. The summed E-state index contributed by atoms with van der Waals surface area (Å²) in [4.78, 5) is 26.5. The first kappa shape index (κ1) is 24.5. The maximum Gasteiger partial charge on any atom is 0.341 e. The van der Waals surface area contributed by atoms with Crippen LogP contribution in [0.2, 0.25) is 5.02 Å². The summed E-state index contributed by atoms with van der Waals surface area (Å²) in [5, 5.41) is 13.4. The highest BCUT2D eigenvalue weighted by Gasteiger charge is 2.28. The first-order chi connectivity index (χ1) is 16.5. The summed E-state index contributed by atoms with van der Waals surface area (Å²) in [5.41, 5.74) is 2.59. The number of allylic oxidation sites excluding steroid dienone is 1. The van der Waals surface area contributed by atoms with Crippen LogP contribution in [0.1, 0.15) is 45.5 Å². The minimum Gasteiger partial charge on any atom is -0.462 e. The molecular weight excluding hydrogens is 492 g/mol. The van der Waals surface area contributed by atoms with E-state index in [1.54, 1.807) is 13.0 Å². The van der Waals surface area contributed by atoms with Gasteiger partial charge in [0, 0.05) is 22.9 Å². The number of hydrogen-bond acceptors (Lipinski definition) is 7. The lowest BCUT2D eigenvalue weighted by molar-refractivity contribution is -0.113. The van der Waals surface area contributed by atoms with Gasteiger partial charge in [-0.15, -0.1) is 28.1 Å². The first-order valence-corrected chi connectivity index (χ1v) is 13.2. The molecule has 0 unspecified atom stereocenters. The second-order valence-corrected chi connectivity index (χ2v) is 10.2. The number of halogens is 1. The van der Waals surface area contributed by atoms with E-state index in [0.29, 0.717) is 40.3 Å². The van der Waals surface area contributed by atoms with Crippen LogP contribution in [0.15, 0.2) is 42.1 Å². The van der Waals surface area contributed by atoms with E-state index in [2.05, 4.69) is 22.1 Å². The van der Waals surface area contributed by atoms with Crippen molar-refractivity contribution >= 4 is 51.6 Å². The van der Waals surface area contributed by atoms with Gasteiger partial charge < -0.3 is 14.6 Å². The van der Waals surface area contributed by atoms with E-state index in [-0.39, 0.29) is 17.6 Å². The molecule has 1 amide bonds. The van der Waals surface area contributed by atoms with Gasteiger partial charge in [-0.25, -0.2) is 4.79 Å². The van der Waals surface area contributed by atoms with Crippen molar-refractivity contribution in [3.63, 3.8) is 0 Å². The fraction of sp³-hybridized carbons (Fsp3) is 0.333. The molecule has 0 spiro atoms. The summed E-state index contributed by atoms with van der Waals surface area (Å²) in [5.74, 6) is 0.343. The van der Waals surface area contributed by atoms with Crippen LogP contribution in [0, 0.1) is 0 Å². The molecule has 2 aromatic heterocycles. The summed E-state index contributed by atoms with van der Waals surface area (Å²) < 4.78 is 7.18. The monoisotopic (exact) mass is 516 g/mol. The van der Waals surface area contributed by atoms with Crippen molar-refractivity contribution in [1.29, 1.82) is 0 Å². The van der Waals surface area contributed by atoms with Crippen LogP contribution < -0.4 is 5.32 Å². The molecule has 4 rings (SSSR count). The van der Waals surface area contributed by atoms with E-state index >= 15 is 0 Å². The van der Waals surface area contributed by atoms with Crippen LogP contribution in [0.5, 0.6) is 0 Å².